The van der Waals surface area contributed by atoms with Crippen LogP contribution in [0.2, 0.25) is 0 Å². The highest BCUT2D eigenvalue weighted by molar-refractivity contribution is 5.60. The minimum Gasteiger partial charge on any atom is -0.396 e. The quantitative estimate of drug-likeness (QED) is 0.865. The SMILES string of the molecule is CN1c2cc(C(F)(F)F)ccc2CC1CCO. The van der Waals surface area contributed by atoms with Crippen molar-refractivity contribution in [2.24, 2.45) is 0 Å². The molecule has 2 rings (SSSR count). The molecule has 1 aliphatic rings. The van der Waals surface area contributed by atoms with Crippen molar-refractivity contribution in [3.63, 3.8) is 0 Å². The monoisotopic (exact) mass is 245 g/mol. The Bertz CT molecular complexity index is 417. The molecule has 0 saturated heterocycles. The molecule has 0 amide bonds. The van der Waals surface area contributed by atoms with E-state index in [0.717, 1.165) is 11.6 Å². The average Bonchev–Trinajstić information content (AvgIpc) is 2.55. The summed E-state index contributed by atoms with van der Waals surface area (Å²) in [5.41, 5.74) is 0.921. The minimum absolute atomic E-state index is 0.0507. The number of alkyl halides is 3. The fraction of sp³-hybridized carbons (Fsp3) is 0.500. The lowest BCUT2D eigenvalue weighted by Gasteiger charge is -2.22. The molecular weight excluding hydrogens is 231 g/mol. The Balaban J connectivity index is 2.31. The largest absolute Gasteiger partial charge is 0.416 e. The van der Waals surface area contributed by atoms with Crippen molar-refractivity contribution in [2.75, 3.05) is 18.6 Å². The second-order valence-corrected chi connectivity index (χ2v) is 4.32. The smallest absolute Gasteiger partial charge is 0.396 e. The molecule has 1 aliphatic heterocycles. The molecule has 94 valence electrons. The van der Waals surface area contributed by atoms with E-state index in [9.17, 15) is 13.2 Å². The Morgan fingerprint density at radius 1 is 1.41 bits per heavy atom. The molecule has 1 heterocycles. The van der Waals surface area contributed by atoms with Crippen LogP contribution in [-0.2, 0) is 12.6 Å². The first-order chi connectivity index (χ1) is 7.93. The number of likely N-dealkylation sites (N-methyl/N-ethyl adjacent to an activating group) is 1. The van der Waals surface area contributed by atoms with E-state index in [1.165, 1.54) is 12.1 Å². The molecular formula is C12H14F3NO. The second kappa shape index (κ2) is 4.22. The van der Waals surface area contributed by atoms with Crippen LogP contribution in [0.5, 0.6) is 0 Å². The number of rotatable bonds is 2. The van der Waals surface area contributed by atoms with Crippen molar-refractivity contribution in [3.05, 3.63) is 29.3 Å². The Hall–Kier alpha value is -1.23. The van der Waals surface area contributed by atoms with Crippen LogP contribution in [-0.4, -0.2) is 24.8 Å². The highest BCUT2D eigenvalue weighted by atomic mass is 19.4. The number of aliphatic hydroxyl groups is 1. The summed E-state index contributed by atoms with van der Waals surface area (Å²) in [6, 6.07) is 3.94. The van der Waals surface area contributed by atoms with Gasteiger partial charge in [0.05, 0.1) is 5.56 Å². The van der Waals surface area contributed by atoms with Crippen LogP contribution in [0.4, 0.5) is 18.9 Å². The molecule has 0 aliphatic carbocycles. The van der Waals surface area contributed by atoms with Crippen LogP contribution in [0.15, 0.2) is 18.2 Å². The van der Waals surface area contributed by atoms with Gasteiger partial charge < -0.3 is 10.0 Å². The van der Waals surface area contributed by atoms with Crippen LogP contribution in [0, 0.1) is 0 Å². The first-order valence-electron chi connectivity index (χ1n) is 5.47. The van der Waals surface area contributed by atoms with Gasteiger partial charge in [-0.3, -0.25) is 0 Å². The molecule has 1 aromatic rings. The van der Waals surface area contributed by atoms with Crippen LogP contribution in [0.3, 0.4) is 0 Å². The third kappa shape index (κ3) is 2.24. The van der Waals surface area contributed by atoms with E-state index in [4.69, 9.17) is 5.11 Å². The summed E-state index contributed by atoms with van der Waals surface area (Å²) >= 11 is 0. The molecule has 0 aromatic heterocycles. The van der Waals surface area contributed by atoms with Gasteiger partial charge >= 0.3 is 6.18 Å². The highest BCUT2D eigenvalue weighted by Gasteiger charge is 2.33. The maximum Gasteiger partial charge on any atom is 0.416 e. The van der Waals surface area contributed by atoms with Crippen LogP contribution < -0.4 is 4.90 Å². The number of aliphatic hydroxyl groups excluding tert-OH is 1. The van der Waals surface area contributed by atoms with Gasteiger partial charge in [0.2, 0.25) is 0 Å². The number of anilines is 1. The first-order valence-corrected chi connectivity index (χ1v) is 5.47. The fourth-order valence-corrected chi connectivity index (χ4v) is 2.27. The zero-order valence-corrected chi connectivity index (χ0v) is 9.46. The summed E-state index contributed by atoms with van der Waals surface area (Å²) < 4.78 is 37.7. The Morgan fingerprint density at radius 2 is 2.12 bits per heavy atom. The molecule has 0 saturated carbocycles. The molecule has 5 heteroatoms. The molecule has 1 N–H and O–H groups in total. The zero-order chi connectivity index (χ0) is 12.6. The molecule has 0 bridgehead atoms. The van der Waals surface area contributed by atoms with E-state index in [1.807, 2.05) is 4.90 Å². The van der Waals surface area contributed by atoms with E-state index >= 15 is 0 Å². The lowest BCUT2D eigenvalue weighted by atomic mass is 10.1. The van der Waals surface area contributed by atoms with E-state index in [2.05, 4.69) is 0 Å². The second-order valence-electron chi connectivity index (χ2n) is 4.32. The van der Waals surface area contributed by atoms with Gasteiger partial charge in [0, 0.05) is 25.4 Å². The molecule has 2 nitrogen and oxygen atoms in total. The van der Waals surface area contributed by atoms with Crippen LogP contribution in [0.1, 0.15) is 17.5 Å². The fourth-order valence-electron chi connectivity index (χ4n) is 2.27. The first kappa shape index (κ1) is 12.2. The summed E-state index contributed by atoms with van der Waals surface area (Å²) in [5, 5.41) is 8.90. The molecule has 1 aromatic carbocycles. The third-order valence-electron chi connectivity index (χ3n) is 3.26. The Morgan fingerprint density at radius 3 is 2.71 bits per heavy atom. The summed E-state index contributed by atoms with van der Waals surface area (Å²) in [5.74, 6) is 0. The van der Waals surface area contributed by atoms with Crippen LogP contribution in [0.25, 0.3) is 0 Å². The van der Waals surface area contributed by atoms with Crippen LogP contribution >= 0.6 is 0 Å². The number of hydrogen-bond donors (Lipinski definition) is 1. The topological polar surface area (TPSA) is 23.5 Å². The molecule has 0 radical (unpaired) electrons. The molecule has 1 unspecified atom stereocenters. The summed E-state index contributed by atoms with van der Waals surface area (Å²) in [4.78, 5) is 1.82. The number of hydrogen-bond acceptors (Lipinski definition) is 2. The normalized spacial score (nSPS) is 19.6. The number of benzene rings is 1. The Labute approximate surface area is 97.7 Å². The predicted octanol–water partition coefficient (Wildman–Crippen LogP) is 2.45. The van der Waals surface area contributed by atoms with E-state index < -0.39 is 11.7 Å². The van der Waals surface area contributed by atoms with Crippen molar-refractivity contribution >= 4 is 5.69 Å². The number of nitrogens with zero attached hydrogens (tertiary/aromatic N) is 1. The van der Waals surface area contributed by atoms with Gasteiger partial charge in [0.25, 0.3) is 0 Å². The summed E-state index contributed by atoms with van der Waals surface area (Å²) in [7, 11) is 1.77. The molecule has 17 heavy (non-hydrogen) atoms. The standard InChI is InChI=1S/C12H14F3NO/c1-16-10(4-5-17)6-8-2-3-9(7-11(8)16)12(13,14)15/h2-3,7,10,17H,4-6H2,1H3. The molecule has 0 spiro atoms. The Kier molecular flexibility index (Phi) is 3.03. The highest BCUT2D eigenvalue weighted by Crippen LogP contribution is 2.37. The lowest BCUT2D eigenvalue weighted by molar-refractivity contribution is -0.137. The van der Waals surface area contributed by atoms with Crippen molar-refractivity contribution < 1.29 is 18.3 Å². The van der Waals surface area contributed by atoms with Gasteiger partial charge in [-0.2, -0.15) is 13.2 Å². The van der Waals surface area contributed by atoms with E-state index in [0.29, 0.717) is 18.5 Å². The van der Waals surface area contributed by atoms with Gasteiger partial charge in [-0.05, 0) is 30.5 Å². The predicted molar refractivity (Wildman–Crippen MR) is 59.0 cm³/mol. The van der Waals surface area contributed by atoms with Gasteiger partial charge in [0.15, 0.2) is 0 Å². The van der Waals surface area contributed by atoms with Crippen molar-refractivity contribution in [1.82, 2.24) is 0 Å². The number of halogens is 3. The van der Waals surface area contributed by atoms with Crippen molar-refractivity contribution in [1.29, 1.82) is 0 Å². The minimum atomic E-state index is -4.30. The average molecular weight is 245 g/mol. The maximum atomic E-state index is 12.6. The summed E-state index contributed by atoms with van der Waals surface area (Å²) in [6.45, 7) is 0.0507. The zero-order valence-electron chi connectivity index (χ0n) is 9.46. The third-order valence-corrected chi connectivity index (χ3v) is 3.26. The van der Waals surface area contributed by atoms with E-state index in [1.54, 1.807) is 7.05 Å². The van der Waals surface area contributed by atoms with Gasteiger partial charge in [-0.25, -0.2) is 0 Å². The maximum absolute atomic E-state index is 12.6. The number of fused-ring (bicyclic) bond motifs is 1. The molecule has 1 atom stereocenters. The van der Waals surface area contributed by atoms with Gasteiger partial charge in [-0.15, -0.1) is 0 Å². The molecule has 0 fully saturated rings. The van der Waals surface area contributed by atoms with Gasteiger partial charge in [-0.1, -0.05) is 6.07 Å². The lowest BCUT2D eigenvalue weighted by Crippen LogP contribution is -2.28. The van der Waals surface area contributed by atoms with Crippen molar-refractivity contribution in [3.8, 4) is 0 Å². The van der Waals surface area contributed by atoms with Crippen molar-refractivity contribution in [2.45, 2.75) is 25.1 Å². The van der Waals surface area contributed by atoms with E-state index in [-0.39, 0.29) is 12.6 Å². The van der Waals surface area contributed by atoms with Gasteiger partial charge in [0.1, 0.15) is 0 Å². The summed E-state index contributed by atoms with van der Waals surface area (Å²) in [6.07, 6.45) is -3.03.